The van der Waals surface area contributed by atoms with E-state index in [0.29, 0.717) is 12.1 Å². The first-order chi connectivity index (χ1) is 6.24. The van der Waals surface area contributed by atoms with Crippen LogP contribution in [0.3, 0.4) is 0 Å². The minimum Gasteiger partial charge on any atom is -0.464 e. The average molecular weight is 217 g/mol. The molecule has 6 heteroatoms. The molecule has 4 nitrogen and oxygen atoms in total. The van der Waals surface area contributed by atoms with Gasteiger partial charge in [0.15, 0.2) is 0 Å². The summed E-state index contributed by atoms with van der Waals surface area (Å²) in [6, 6.07) is 0. The maximum Gasteiger partial charge on any atom is 0.355 e. The van der Waals surface area contributed by atoms with Gasteiger partial charge in [-0.25, -0.2) is 4.79 Å². The Hall–Kier alpha value is -0.620. The number of rotatable bonds is 1. The molecular weight excluding hydrogens is 210 g/mol. The summed E-state index contributed by atoms with van der Waals surface area (Å²) >= 11 is 0. The van der Waals surface area contributed by atoms with Crippen LogP contribution in [0.2, 0.25) is 0 Å². The molecule has 1 atom stereocenters. The minimum atomic E-state index is -0.439. The molecule has 2 aliphatic rings. The lowest BCUT2D eigenvalue weighted by molar-refractivity contribution is -0.147. The molecule has 0 N–H and O–H groups in total. The number of hydrogen-bond donors (Lipinski definition) is 0. The third kappa shape index (κ3) is 1.34. The van der Waals surface area contributed by atoms with Crippen molar-refractivity contribution in [3.63, 3.8) is 0 Å². The van der Waals surface area contributed by atoms with E-state index >= 15 is 0 Å². The second-order valence-corrected chi connectivity index (χ2v) is 4.93. The highest BCUT2D eigenvalue weighted by Crippen LogP contribution is 2.45. The zero-order valence-corrected chi connectivity index (χ0v) is 8.48. The van der Waals surface area contributed by atoms with Crippen LogP contribution in [-0.2, 0) is 14.3 Å². The van der Waals surface area contributed by atoms with Gasteiger partial charge in [-0.05, 0) is 0 Å². The van der Waals surface area contributed by atoms with Crippen LogP contribution in [-0.4, -0.2) is 29.3 Å². The molecule has 0 unspecified atom stereocenters. The van der Waals surface area contributed by atoms with Crippen LogP contribution in [0.5, 0.6) is 0 Å². The monoisotopic (exact) mass is 217 g/mol. The first-order valence-electron chi connectivity index (χ1n) is 3.66. The second-order valence-electron chi connectivity index (χ2n) is 2.61. The molecule has 2 rings (SSSR count). The van der Waals surface area contributed by atoms with Gasteiger partial charge in [-0.3, -0.25) is 9.69 Å². The summed E-state index contributed by atoms with van der Waals surface area (Å²) < 4.78 is 4.57. The van der Waals surface area contributed by atoms with Crippen molar-refractivity contribution < 1.29 is 14.3 Å². The number of nitrogens with zero attached hydrogens (tertiary/aromatic N) is 1. The van der Waals surface area contributed by atoms with Gasteiger partial charge in [0, 0.05) is 5.41 Å². The fraction of sp³-hybridized carbons (Fsp3) is 0.429. The standard InChI is InChI=1S/C7H7NO3S2/c1-11-7(10)4-3-12-13-6-2-5(9)8(4)6/h3,6H,2H2,1H3/t6-/m1/s1. The Morgan fingerprint density at radius 2 is 2.54 bits per heavy atom. The largest absolute Gasteiger partial charge is 0.464 e. The lowest BCUT2D eigenvalue weighted by Crippen LogP contribution is -2.52. The lowest BCUT2D eigenvalue weighted by Gasteiger charge is -2.41. The van der Waals surface area contributed by atoms with E-state index in [4.69, 9.17) is 0 Å². The van der Waals surface area contributed by atoms with E-state index in [2.05, 4.69) is 4.74 Å². The molecule has 0 radical (unpaired) electrons. The SMILES string of the molecule is COC(=O)C1=CSS[C@@H]2CC(=O)N12. The molecule has 0 aromatic carbocycles. The molecule has 2 heterocycles. The molecule has 1 amide bonds. The highest BCUT2D eigenvalue weighted by atomic mass is 33.1. The highest BCUT2D eigenvalue weighted by molar-refractivity contribution is 8.78. The van der Waals surface area contributed by atoms with Gasteiger partial charge in [0.05, 0.1) is 13.5 Å². The number of ether oxygens (including phenoxy) is 1. The van der Waals surface area contributed by atoms with E-state index in [1.165, 1.54) is 22.8 Å². The number of carbonyl (C=O) groups is 2. The van der Waals surface area contributed by atoms with E-state index in [1.807, 2.05) is 0 Å². The van der Waals surface area contributed by atoms with Gasteiger partial charge in [0.2, 0.25) is 5.91 Å². The molecule has 13 heavy (non-hydrogen) atoms. The first kappa shape index (κ1) is 8.96. The van der Waals surface area contributed by atoms with Gasteiger partial charge in [0.1, 0.15) is 11.1 Å². The van der Waals surface area contributed by atoms with Crippen LogP contribution in [0, 0.1) is 0 Å². The maximum atomic E-state index is 11.2. The van der Waals surface area contributed by atoms with Crippen molar-refractivity contribution in [3.05, 3.63) is 11.1 Å². The molecule has 0 bridgehead atoms. The van der Waals surface area contributed by atoms with Gasteiger partial charge >= 0.3 is 5.97 Å². The zero-order chi connectivity index (χ0) is 9.42. The van der Waals surface area contributed by atoms with E-state index in [1.54, 1.807) is 16.2 Å². The number of methoxy groups -OCH3 is 1. The summed E-state index contributed by atoms with van der Waals surface area (Å²) in [4.78, 5) is 23.8. The number of β-lactam (4-membered cyclic amide) rings is 1. The molecule has 0 saturated carbocycles. The molecular formula is C7H7NO3S2. The number of hydrogen-bond acceptors (Lipinski definition) is 5. The quantitative estimate of drug-likeness (QED) is 0.372. The molecule has 1 saturated heterocycles. The molecule has 70 valence electrons. The molecule has 0 spiro atoms. The Morgan fingerprint density at radius 1 is 1.77 bits per heavy atom. The van der Waals surface area contributed by atoms with E-state index in [-0.39, 0.29) is 11.3 Å². The number of carbonyl (C=O) groups excluding carboxylic acids is 2. The molecule has 0 aliphatic carbocycles. The van der Waals surface area contributed by atoms with Crippen molar-refractivity contribution >= 4 is 33.5 Å². The van der Waals surface area contributed by atoms with Crippen LogP contribution in [0.4, 0.5) is 0 Å². The summed E-state index contributed by atoms with van der Waals surface area (Å²) in [5, 5.41) is 1.78. The number of fused-ring (bicyclic) bond motifs is 1. The Balaban J connectivity index is 2.21. The summed E-state index contributed by atoms with van der Waals surface area (Å²) in [6.45, 7) is 0. The predicted molar refractivity (Wildman–Crippen MR) is 50.5 cm³/mol. The van der Waals surface area contributed by atoms with Crippen LogP contribution in [0.1, 0.15) is 6.42 Å². The van der Waals surface area contributed by atoms with Gasteiger partial charge < -0.3 is 4.74 Å². The van der Waals surface area contributed by atoms with Crippen molar-refractivity contribution in [1.29, 1.82) is 0 Å². The molecule has 0 aromatic rings. The Kier molecular flexibility index (Phi) is 2.25. The molecule has 0 aromatic heterocycles. The van der Waals surface area contributed by atoms with Gasteiger partial charge in [-0.15, -0.1) is 0 Å². The average Bonchev–Trinajstić information content (AvgIpc) is 2.14. The molecule has 2 aliphatic heterocycles. The normalized spacial score (nSPS) is 25.9. The van der Waals surface area contributed by atoms with E-state index in [9.17, 15) is 9.59 Å². The van der Waals surface area contributed by atoms with Gasteiger partial charge in [-0.2, -0.15) is 0 Å². The zero-order valence-electron chi connectivity index (χ0n) is 6.85. The smallest absolute Gasteiger partial charge is 0.355 e. The fourth-order valence-electron chi connectivity index (χ4n) is 1.20. The molecule has 1 fully saturated rings. The Labute approximate surface area is 83.1 Å². The van der Waals surface area contributed by atoms with Gasteiger partial charge in [-0.1, -0.05) is 21.6 Å². The Bertz CT molecular complexity index is 302. The van der Waals surface area contributed by atoms with Crippen molar-refractivity contribution in [2.75, 3.05) is 7.11 Å². The topological polar surface area (TPSA) is 46.6 Å². The van der Waals surface area contributed by atoms with Crippen LogP contribution < -0.4 is 0 Å². The second kappa shape index (κ2) is 3.26. The van der Waals surface area contributed by atoms with Crippen molar-refractivity contribution in [2.24, 2.45) is 0 Å². The number of amides is 1. The summed E-state index contributed by atoms with van der Waals surface area (Å²) in [5.41, 5.74) is 0.368. The summed E-state index contributed by atoms with van der Waals surface area (Å²) in [6.07, 6.45) is 0.520. The summed E-state index contributed by atoms with van der Waals surface area (Å²) in [5.74, 6) is -0.444. The van der Waals surface area contributed by atoms with E-state index < -0.39 is 5.97 Å². The van der Waals surface area contributed by atoms with Crippen molar-refractivity contribution in [3.8, 4) is 0 Å². The third-order valence-electron chi connectivity index (χ3n) is 1.89. The van der Waals surface area contributed by atoms with Crippen molar-refractivity contribution in [1.82, 2.24) is 4.90 Å². The third-order valence-corrected chi connectivity index (χ3v) is 4.21. The van der Waals surface area contributed by atoms with Crippen LogP contribution >= 0.6 is 21.6 Å². The van der Waals surface area contributed by atoms with Crippen LogP contribution in [0.25, 0.3) is 0 Å². The fourth-order valence-corrected chi connectivity index (χ4v) is 3.50. The van der Waals surface area contributed by atoms with Gasteiger partial charge in [0.25, 0.3) is 0 Å². The first-order valence-corrected chi connectivity index (χ1v) is 5.94. The number of esters is 1. The van der Waals surface area contributed by atoms with Crippen LogP contribution in [0.15, 0.2) is 11.1 Å². The highest BCUT2D eigenvalue weighted by Gasteiger charge is 2.43. The maximum absolute atomic E-state index is 11.2. The predicted octanol–water partition coefficient (Wildman–Crippen LogP) is 0.954. The Morgan fingerprint density at radius 3 is 3.15 bits per heavy atom. The summed E-state index contributed by atoms with van der Waals surface area (Å²) in [7, 11) is 4.37. The van der Waals surface area contributed by atoms with E-state index in [0.717, 1.165) is 0 Å². The minimum absolute atomic E-state index is 0.00514. The lowest BCUT2D eigenvalue weighted by atomic mass is 10.2. The van der Waals surface area contributed by atoms with Crippen molar-refractivity contribution in [2.45, 2.75) is 11.8 Å².